The molecule has 0 aromatic carbocycles. The van der Waals surface area contributed by atoms with Crippen molar-refractivity contribution < 1.29 is 0 Å². The molecule has 0 fully saturated rings. The summed E-state index contributed by atoms with van der Waals surface area (Å²) in [7, 11) is 0. The van der Waals surface area contributed by atoms with Crippen molar-refractivity contribution in [2.24, 2.45) is 4.99 Å². The molecule has 1 aromatic rings. The quantitative estimate of drug-likeness (QED) is 0.639. The molecule has 0 amide bonds. The monoisotopic (exact) mass is 149 g/mol. The summed E-state index contributed by atoms with van der Waals surface area (Å²) in [6.45, 7) is 0.976. The Morgan fingerprint density at radius 2 is 2.18 bits per heavy atom. The van der Waals surface area contributed by atoms with E-state index in [0.29, 0.717) is 0 Å². The van der Waals surface area contributed by atoms with Gasteiger partial charge in [-0.3, -0.25) is 15.1 Å². The number of aliphatic imine (C=N–C) groups is 1. The molecule has 1 N–H and O–H groups in total. The standard InChI is InChI=1S/C8H11N3/c1-2-7-11(6-1)10-8-4-3-5-9-8/h1-2,6-7H,3-5H2,(H,9,10). The third-order valence-corrected chi connectivity index (χ3v) is 1.74. The van der Waals surface area contributed by atoms with E-state index in [9.17, 15) is 0 Å². The maximum Gasteiger partial charge on any atom is 0.115 e. The van der Waals surface area contributed by atoms with Crippen LogP contribution in [0, 0.1) is 0 Å². The maximum absolute atomic E-state index is 4.30. The summed E-state index contributed by atoms with van der Waals surface area (Å²) in [6.07, 6.45) is 6.21. The molecule has 0 radical (unpaired) electrons. The molecule has 0 atom stereocenters. The predicted octanol–water partition coefficient (Wildman–Crippen LogP) is 1.22. The summed E-state index contributed by atoms with van der Waals surface area (Å²) < 4.78 is 1.92. The zero-order valence-electron chi connectivity index (χ0n) is 6.33. The van der Waals surface area contributed by atoms with Crippen LogP contribution in [0.3, 0.4) is 0 Å². The van der Waals surface area contributed by atoms with Crippen LogP contribution in [0.4, 0.5) is 0 Å². The predicted molar refractivity (Wildman–Crippen MR) is 45.3 cm³/mol. The van der Waals surface area contributed by atoms with Crippen LogP contribution in [-0.4, -0.2) is 17.1 Å². The van der Waals surface area contributed by atoms with E-state index in [1.165, 1.54) is 6.42 Å². The van der Waals surface area contributed by atoms with Crippen molar-refractivity contribution in [3.8, 4) is 0 Å². The number of rotatable bonds is 1. The van der Waals surface area contributed by atoms with Crippen LogP contribution in [0.15, 0.2) is 29.5 Å². The zero-order valence-corrected chi connectivity index (χ0v) is 6.33. The van der Waals surface area contributed by atoms with Gasteiger partial charge in [-0.1, -0.05) is 0 Å². The van der Waals surface area contributed by atoms with E-state index in [1.54, 1.807) is 0 Å². The first kappa shape index (κ1) is 6.46. The SMILES string of the molecule is c1ccn(NC2=NCCC2)c1. The van der Waals surface area contributed by atoms with Gasteiger partial charge < -0.3 is 0 Å². The van der Waals surface area contributed by atoms with Gasteiger partial charge in [0.15, 0.2) is 0 Å². The Morgan fingerprint density at radius 3 is 2.82 bits per heavy atom. The van der Waals surface area contributed by atoms with Crippen molar-refractivity contribution in [3.05, 3.63) is 24.5 Å². The molecule has 1 aromatic heterocycles. The lowest BCUT2D eigenvalue weighted by Crippen LogP contribution is -2.18. The third-order valence-electron chi connectivity index (χ3n) is 1.74. The smallest absolute Gasteiger partial charge is 0.115 e. The number of aromatic nitrogens is 1. The first-order valence-corrected chi connectivity index (χ1v) is 3.88. The first-order chi connectivity index (χ1) is 5.45. The summed E-state index contributed by atoms with van der Waals surface area (Å²) in [5.74, 6) is 1.10. The first-order valence-electron chi connectivity index (χ1n) is 3.88. The van der Waals surface area contributed by atoms with Gasteiger partial charge in [-0.05, 0) is 18.6 Å². The summed E-state index contributed by atoms with van der Waals surface area (Å²) >= 11 is 0. The molecule has 2 heterocycles. The van der Waals surface area contributed by atoms with Gasteiger partial charge in [0.2, 0.25) is 0 Å². The van der Waals surface area contributed by atoms with Gasteiger partial charge in [0.05, 0.1) is 0 Å². The Balaban J connectivity index is 2.00. The van der Waals surface area contributed by atoms with E-state index in [0.717, 1.165) is 18.8 Å². The van der Waals surface area contributed by atoms with Crippen LogP contribution in [0.5, 0.6) is 0 Å². The molecule has 11 heavy (non-hydrogen) atoms. The Labute approximate surface area is 65.7 Å². The number of hydrogen-bond donors (Lipinski definition) is 1. The highest BCUT2D eigenvalue weighted by Crippen LogP contribution is 2.02. The summed E-state index contributed by atoms with van der Waals surface area (Å²) in [4.78, 5) is 4.30. The molecule has 58 valence electrons. The van der Waals surface area contributed by atoms with Crippen molar-refractivity contribution in [3.63, 3.8) is 0 Å². The fraction of sp³-hybridized carbons (Fsp3) is 0.375. The van der Waals surface area contributed by atoms with Gasteiger partial charge in [0.1, 0.15) is 5.84 Å². The Kier molecular flexibility index (Phi) is 1.63. The number of hydrogen-bond acceptors (Lipinski definition) is 2. The van der Waals surface area contributed by atoms with E-state index < -0.39 is 0 Å². The maximum atomic E-state index is 4.30. The second kappa shape index (κ2) is 2.78. The van der Waals surface area contributed by atoms with Crippen molar-refractivity contribution in [1.82, 2.24) is 4.68 Å². The molecule has 2 rings (SSSR count). The Morgan fingerprint density at radius 1 is 1.36 bits per heavy atom. The minimum atomic E-state index is 0.976. The van der Waals surface area contributed by atoms with Crippen LogP contribution in [0.25, 0.3) is 0 Å². The van der Waals surface area contributed by atoms with Crippen LogP contribution in [0.2, 0.25) is 0 Å². The Bertz CT molecular complexity index is 248. The van der Waals surface area contributed by atoms with E-state index in [4.69, 9.17) is 0 Å². The fourth-order valence-electron chi connectivity index (χ4n) is 1.19. The highest BCUT2D eigenvalue weighted by molar-refractivity contribution is 5.90. The topological polar surface area (TPSA) is 29.3 Å². The average Bonchev–Trinajstić information content (AvgIpc) is 2.60. The number of nitrogens with one attached hydrogen (secondary N) is 1. The van der Waals surface area contributed by atoms with Gasteiger partial charge in [0.25, 0.3) is 0 Å². The van der Waals surface area contributed by atoms with Crippen molar-refractivity contribution in [2.45, 2.75) is 12.8 Å². The highest BCUT2D eigenvalue weighted by atomic mass is 15.4. The van der Waals surface area contributed by atoms with E-state index >= 15 is 0 Å². The molecular formula is C8H11N3. The lowest BCUT2D eigenvalue weighted by Gasteiger charge is -2.05. The molecule has 0 bridgehead atoms. The molecule has 1 aliphatic heterocycles. The van der Waals surface area contributed by atoms with E-state index in [1.807, 2.05) is 29.2 Å². The lowest BCUT2D eigenvalue weighted by molar-refractivity contribution is 0.940. The molecule has 0 saturated carbocycles. The van der Waals surface area contributed by atoms with Crippen LogP contribution in [0.1, 0.15) is 12.8 Å². The molecule has 3 heteroatoms. The summed E-state index contributed by atoms with van der Waals surface area (Å²) in [5.41, 5.74) is 3.19. The second-order valence-corrected chi connectivity index (χ2v) is 2.63. The zero-order chi connectivity index (χ0) is 7.52. The van der Waals surface area contributed by atoms with Crippen molar-refractivity contribution >= 4 is 5.84 Å². The van der Waals surface area contributed by atoms with E-state index in [-0.39, 0.29) is 0 Å². The number of nitrogens with zero attached hydrogens (tertiary/aromatic N) is 2. The van der Waals surface area contributed by atoms with Crippen molar-refractivity contribution in [2.75, 3.05) is 12.0 Å². The molecule has 0 spiro atoms. The van der Waals surface area contributed by atoms with Gasteiger partial charge in [0, 0.05) is 25.4 Å². The highest BCUT2D eigenvalue weighted by Gasteiger charge is 2.04. The summed E-state index contributed by atoms with van der Waals surface area (Å²) in [6, 6.07) is 3.98. The molecule has 0 saturated heterocycles. The summed E-state index contributed by atoms with van der Waals surface area (Å²) in [5, 5.41) is 0. The fourth-order valence-corrected chi connectivity index (χ4v) is 1.19. The van der Waals surface area contributed by atoms with Gasteiger partial charge in [-0.2, -0.15) is 0 Å². The van der Waals surface area contributed by atoms with Crippen LogP contribution in [-0.2, 0) is 0 Å². The second-order valence-electron chi connectivity index (χ2n) is 2.63. The lowest BCUT2D eigenvalue weighted by atomic mass is 10.3. The van der Waals surface area contributed by atoms with E-state index in [2.05, 4.69) is 10.4 Å². The minimum Gasteiger partial charge on any atom is -0.282 e. The van der Waals surface area contributed by atoms with Crippen LogP contribution >= 0.6 is 0 Å². The Hall–Kier alpha value is -1.25. The van der Waals surface area contributed by atoms with Crippen LogP contribution < -0.4 is 5.43 Å². The normalized spacial score (nSPS) is 16.5. The largest absolute Gasteiger partial charge is 0.282 e. The average molecular weight is 149 g/mol. The minimum absolute atomic E-state index is 0.976. The molecule has 3 nitrogen and oxygen atoms in total. The molecule has 0 unspecified atom stereocenters. The number of amidine groups is 1. The van der Waals surface area contributed by atoms with Crippen molar-refractivity contribution in [1.29, 1.82) is 0 Å². The van der Waals surface area contributed by atoms with Gasteiger partial charge >= 0.3 is 0 Å². The molecule has 1 aliphatic rings. The molecular weight excluding hydrogens is 138 g/mol. The van der Waals surface area contributed by atoms with Gasteiger partial charge in [-0.25, -0.2) is 0 Å². The third kappa shape index (κ3) is 1.42. The molecule has 0 aliphatic carbocycles. The van der Waals surface area contributed by atoms with Gasteiger partial charge in [-0.15, -0.1) is 0 Å².